The zero-order chi connectivity index (χ0) is 7.84. The lowest BCUT2D eigenvalue weighted by Gasteiger charge is -1.91. The summed E-state index contributed by atoms with van der Waals surface area (Å²) in [6.45, 7) is 0. The van der Waals surface area contributed by atoms with Gasteiger partial charge in [-0.1, -0.05) is 11.6 Å². The fourth-order valence-corrected chi connectivity index (χ4v) is 1.05. The normalized spacial score (nSPS) is 10.6. The van der Waals surface area contributed by atoms with Gasteiger partial charge in [-0.15, -0.1) is 5.10 Å². The Morgan fingerprint density at radius 1 is 1.45 bits per heavy atom. The molecule has 0 spiro atoms. The molecule has 4 nitrogen and oxygen atoms in total. The second-order valence-electron chi connectivity index (χ2n) is 2.12. The fraction of sp³-hybridized carbons (Fsp3) is 0. The summed E-state index contributed by atoms with van der Waals surface area (Å²) in [5.41, 5.74) is 6.13. The number of imidazole rings is 1. The fourth-order valence-electron chi connectivity index (χ4n) is 0.868. The number of anilines is 1. The number of halogens is 1. The van der Waals surface area contributed by atoms with Gasteiger partial charge in [0.1, 0.15) is 11.0 Å². The molecule has 2 aromatic heterocycles. The van der Waals surface area contributed by atoms with E-state index in [4.69, 9.17) is 17.3 Å². The first-order valence-corrected chi connectivity index (χ1v) is 3.41. The van der Waals surface area contributed by atoms with Crippen LogP contribution < -0.4 is 5.73 Å². The van der Waals surface area contributed by atoms with Crippen LogP contribution in [0, 0.1) is 0 Å². The molecule has 0 atom stereocenters. The van der Waals surface area contributed by atoms with Gasteiger partial charge in [0, 0.05) is 0 Å². The van der Waals surface area contributed by atoms with Crippen LogP contribution in [-0.2, 0) is 0 Å². The first-order chi connectivity index (χ1) is 5.25. The number of nitrogen functional groups attached to an aromatic ring is 1. The summed E-state index contributed by atoms with van der Waals surface area (Å²) in [7, 11) is 0. The summed E-state index contributed by atoms with van der Waals surface area (Å²) in [4.78, 5) is 3.96. The maximum absolute atomic E-state index is 5.62. The lowest BCUT2D eigenvalue weighted by molar-refractivity contribution is 0.946. The first kappa shape index (κ1) is 6.42. The van der Waals surface area contributed by atoms with Crippen molar-refractivity contribution in [3.05, 3.63) is 23.5 Å². The number of nitrogens with zero attached hydrogens (tertiary/aromatic N) is 3. The molecule has 5 heteroatoms. The van der Waals surface area contributed by atoms with Crippen molar-refractivity contribution in [2.45, 2.75) is 0 Å². The van der Waals surface area contributed by atoms with Crippen molar-refractivity contribution in [3.8, 4) is 0 Å². The Morgan fingerprint density at radius 2 is 2.27 bits per heavy atom. The highest BCUT2D eigenvalue weighted by Gasteiger charge is 1.98. The molecule has 0 amide bonds. The topological polar surface area (TPSA) is 56.2 Å². The first-order valence-electron chi connectivity index (χ1n) is 3.03. The molecule has 2 rings (SSSR count). The third-order valence-corrected chi connectivity index (χ3v) is 1.49. The molecule has 56 valence electrons. The molecule has 0 saturated carbocycles. The molecule has 0 bridgehead atoms. The van der Waals surface area contributed by atoms with Crippen molar-refractivity contribution in [3.63, 3.8) is 0 Å². The molecular formula is C6H5ClN4. The number of hydrogen-bond donors (Lipinski definition) is 1. The van der Waals surface area contributed by atoms with E-state index in [2.05, 4.69) is 10.1 Å². The zero-order valence-corrected chi connectivity index (χ0v) is 6.28. The van der Waals surface area contributed by atoms with Crippen molar-refractivity contribution in [2.75, 3.05) is 5.73 Å². The lowest BCUT2D eigenvalue weighted by Crippen LogP contribution is -1.95. The maximum Gasteiger partial charge on any atom is 0.155 e. The van der Waals surface area contributed by atoms with Gasteiger partial charge in [0.15, 0.2) is 5.65 Å². The van der Waals surface area contributed by atoms with E-state index in [1.807, 2.05) is 0 Å². The second-order valence-corrected chi connectivity index (χ2v) is 2.51. The van der Waals surface area contributed by atoms with Gasteiger partial charge in [-0.25, -0.2) is 9.50 Å². The van der Waals surface area contributed by atoms with Crippen molar-refractivity contribution >= 4 is 23.1 Å². The smallest absolute Gasteiger partial charge is 0.155 e. The van der Waals surface area contributed by atoms with Crippen LogP contribution in [0.25, 0.3) is 5.65 Å². The molecular weight excluding hydrogens is 164 g/mol. The van der Waals surface area contributed by atoms with E-state index in [1.165, 1.54) is 4.52 Å². The van der Waals surface area contributed by atoms with Gasteiger partial charge >= 0.3 is 0 Å². The standard InChI is InChI=1S/C6H5ClN4/c7-4-3-11-6(9-4)2-1-5(8)10-11/h1-3H,(H2,8,10). The third kappa shape index (κ3) is 1.01. The van der Waals surface area contributed by atoms with Crippen LogP contribution in [0.5, 0.6) is 0 Å². The van der Waals surface area contributed by atoms with Crippen molar-refractivity contribution in [1.29, 1.82) is 0 Å². The van der Waals surface area contributed by atoms with E-state index >= 15 is 0 Å². The van der Waals surface area contributed by atoms with Crippen LogP contribution in [0.3, 0.4) is 0 Å². The van der Waals surface area contributed by atoms with E-state index < -0.39 is 0 Å². The number of rotatable bonds is 0. The van der Waals surface area contributed by atoms with Crippen molar-refractivity contribution in [1.82, 2.24) is 14.6 Å². The molecule has 0 aliphatic carbocycles. The van der Waals surface area contributed by atoms with Crippen LogP contribution >= 0.6 is 11.6 Å². The van der Waals surface area contributed by atoms with Crippen LogP contribution in [0.1, 0.15) is 0 Å². The summed E-state index contributed by atoms with van der Waals surface area (Å²) >= 11 is 5.62. The Hall–Kier alpha value is -1.29. The minimum Gasteiger partial charge on any atom is -0.382 e. The average Bonchev–Trinajstić information content (AvgIpc) is 2.27. The second kappa shape index (κ2) is 2.10. The number of aromatic nitrogens is 3. The summed E-state index contributed by atoms with van der Waals surface area (Å²) < 4.78 is 1.54. The third-order valence-electron chi connectivity index (χ3n) is 1.31. The van der Waals surface area contributed by atoms with Crippen LogP contribution in [0.15, 0.2) is 18.3 Å². The highest BCUT2D eigenvalue weighted by atomic mass is 35.5. The van der Waals surface area contributed by atoms with Crippen molar-refractivity contribution in [2.24, 2.45) is 0 Å². The van der Waals surface area contributed by atoms with Gasteiger partial charge in [-0.3, -0.25) is 0 Å². The zero-order valence-electron chi connectivity index (χ0n) is 5.53. The number of fused-ring (bicyclic) bond motifs is 1. The van der Waals surface area contributed by atoms with E-state index in [0.29, 0.717) is 16.6 Å². The molecule has 0 aliphatic rings. The maximum atomic E-state index is 5.62. The van der Waals surface area contributed by atoms with Gasteiger partial charge in [0.25, 0.3) is 0 Å². The molecule has 0 saturated heterocycles. The van der Waals surface area contributed by atoms with E-state index in [9.17, 15) is 0 Å². The van der Waals surface area contributed by atoms with E-state index in [-0.39, 0.29) is 0 Å². The predicted octanol–water partition coefficient (Wildman–Crippen LogP) is 0.965. The van der Waals surface area contributed by atoms with Gasteiger partial charge in [0.2, 0.25) is 0 Å². The Morgan fingerprint density at radius 3 is 3.09 bits per heavy atom. The molecule has 0 aromatic carbocycles. The largest absolute Gasteiger partial charge is 0.382 e. The van der Waals surface area contributed by atoms with Gasteiger partial charge in [-0.2, -0.15) is 0 Å². The van der Waals surface area contributed by atoms with Crippen LogP contribution in [-0.4, -0.2) is 14.6 Å². The Kier molecular flexibility index (Phi) is 1.22. The highest BCUT2D eigenvalue weighted by Crippen LogP contribution is 2.08. The quantitative estimate of drug-likeness (QED) is 0.638. The summed E-state index contributed by atoms with van der Waals surface area (Å²) in [5.74, 6) is 0.451. The summed E-state index contributed by atoms with van der Waals surface area (Å²) in [6, 6.07) is 3.44. The molecule has 0 fully saturated rings. The predicted molar refractivity (Wildman–Crippen MR) is 42.4 cm³/mol. The molecule has 0 unspecified atom stereocenters. The molecule has 0 aliphatic heterocycles. The molecule has 11 heavy (non-hydrogen) atoms. The minimum absolute atomic E-state index is 0.420. The lowest BCUT2D eigenvalue weighted by atomic mass is 10.5. The minimum atomic E-state index is 0.420. The number of hydrogen-bond acceptors (Lipinski definition) is 3. The van der Waals surface area contributed by atoms with Gasteiger partial charge in [-0.05, 0) is 12.1 Å². The molecule has 2 heterocycles. The number of nitrogens with two attached hydrogens (primary N) is 1. The SMILES string of the molecule is Nc1ccc2nc(Cl)cn2n1. The Labute approximate surface area is 67.6 Å². The van der Waals surface area contributed by atoms with Gasteiger partial charge < -0.3 is 5.73 Å². The summed E-state index contributed by atoms with van der Waals surface area (Å²) in [6.07, 6.45) is 1.60. The Balaban J connectivity index is 2.82. The average molecular weight is 169 g/mol. The van der Waals surface area contributed by atoms with Crippen LogP contribution in [0.2, 0.25) is 5.15 Å². The van der Waals surface area contributed by atoms with Crippen LogP contribution in [0.4, 0.5) is 5.82 Å². The molecule has 0 radical (unpaired) electrons. The Bertz CT molecular complexity index is 394. The highest BCUT2D eigenvalue weighted by molar-refractivity contribution is 6.29. The van der Waals surface area contributed by atoms with Gasteiger partial charge in [0.05, 0.1) is 6.20 Å². The summed E-state index contributed by atoms with van der Waals surface area (Å²) in [5, 5.41) is 4.36. The molecule has 2 N–H and O–H groups in total. The van der Waals surface area contributed by atoms with E-state index in [1.54, 1.807) is 18.3 Å². The van der Waals surface area contributed by atoms with Crippen molar-refractivity contribution < 1.29 is 0 Å². The monoisotopic (exact) mass is 168 g/mol. The van der Waals surface area contributed by atoms with E-state index in [0.717, 1.165) is 0 Å². The molecule has 2 aromatic rings.